The van der Waals surface area contributed by atoms with Crippen LogP contribution in [0.15, 0.2) is 6.07 Å². The summed E-state index contributed by atoms with van der Waals surface area (Å²) in [6.45, 7) is 6.54. The Morgan fingerprint density at radius 3 is 2.53 bits per heavy atom. The third-order valence-corrected chi connectivity index (χ3v) is 3.43. The topological polar surface area (TPSA) is 81.2 Å². The highest BCUT2D eigenvalue weighted by Crippen LogP contribution is 2.29. The maximum Gasteiger partial charge on any atom is 0.229 e. The van der Waals surface area contributed by atoms with Gasteiger partial charge in [0.2, 0.25) is 11.8 Å². The van der Waals surface area contributed by atoms with E-state index in [0.29, 0.717) is 6.54 Å². The van der Waals surface area contributed by atoms with Gasteiger partial charge in [0.1, 0.15) is 5.82 Å². The molecule has 1 atom stereocenters. The Balaban J connectivity index is 2.31. The van der Waals surface area contributed by atoms with E-state index in [1.54, 1.807) is 16.6 Å². The van der Waals surface area contributed by atoms with E-state index in [2.05, 4.69) is 25.9 Å². The van der Waals surface area contributed by atoms with Crippen LogP contribution in [0.4, 0.5) is 5.82 Å². The highest BCUT2D eigenvalue weighted by molar-refractivity contribution is 5.99. The van der Waals surface area contributed by atoms with Crippen LogP contribution in [0, 0.1) is 5.92 Å². The van der Waals surface area contributed by atoms with E-state index in [1.165, 1.54) is 0 Å². The minimum atomic E-state index is -0.422. The number of rotatable bonds is 2. The number of aryl methyl sites for hydroxylation is 1. The van der Waals surface area contributed by atoms with Crippen molar-refractivity contribution in [3.8, 4) is 0 Å². The SMILES string of the molecule is Cn1nc(C(C)(C)C)cc1N1CC(C(N)=O)CC1=O. The molecule has 1 aromatic rings. The molecule has 0 aromatic carbocycles. The largest absolute Gasteiger partial charge is 0.369 e. The van der Waals surface area contributed by atoms with Gasteiger partial charge in [-0.25, -0.2) is 0 Å². The van der Waals surface area contributed by atoms with Crippen LogP contribution in [0.2, 0.25) is 0 Å². The van der Waals surface area contributed by atoms with Crippen molar-refractivity contribution in [2.24, 2.45) is 18.7 Å². The van der Waals surface area contributed by atoms with Crippen LogP contribution in [0.5, 0.6) is 0 Å². The summed E-state index contributed by atoms with van der Waals surface area (Å²) >= 11 is 0. The molecule has 0 bridgehead atoms. The third kappa shape index (κ3) is 2.47. The van der Waals surface area contributed by atoms with Crippen molar-refractivity contribution in [1.29, 1.82) is 0 Å². The molecule has 1 aromatic heterocycles. The summed E-state index contributed by atoms with van der Waals surface area (Å²) in [5.74, 6) is -0.180. The average molecular weight is 264 g/mol. The zero-order valence-electron chi connectivity index (χ0n) is 11.8. The van der Waals surface area contributed by atoms with Gasteiger partial charge >= 0.3 is 0 Å². The molecule has 2 heterocycles. The zero-order chi connectivity index (χ0) is 14.4. The van der Waals surface area contributed by atoms with E-state index in [1.807, 2.05) is 6.07 Å². The van der Waals surface area contributed by atoms with Crippen LogP contribution in [0.25, 0.3) is 0 Å². The van der Waals surface area contributed by atoms with Crippen LogP contribution in [0.1, 0.15) is 32.9 Å². The molecule has 2 amide bonds. The molecule has 2 rings (SSSR count). The predicted octanol–water partition coefficient (Wildman–Crippen LogP) is 0.556. The fraction of sp³-hybridized carbons (Fsp3) is 0.615. The number of amides is 2. The summed E-state index contributed by atoms with van der Waals surface area (Å²) in [6.07, 6.45) is 0.186. The Bertz CT molecular complexity index is 527. The van der Waals surface area contributed by atoms with Gasteiger partial charge in [0.25, 0.3) is 0 Å². The Morgan fingerprint density at radius 2 is 2.11 bits per heavy atom. The highest BCUT2D eigenvalue weighted by atomic mass is 16.2. The monoisotopic (exact) mass is 264 g/mol. The molecule has 1 saturated heterocycles. The first-order valence-corrected chi connectivity index (χ1v) is 6.34. The van der Waals surface area contributed by atoms with Gasteiger partial charge in [0.15, 0.2) is 0 Å². The molecule has 1 unspecified atom stereocenters. The molecule has 0 radical (unpaired) electrons. The summed E-state index contributed by atoms with van der Waals surface area (Å²) in [4.78, 5) is 24.8. The van der Waals surface area contributed by atoms with Gasteiger partial charge in [-0.05, 0) is 0 Å². The normalized spacial score (nSPS) is 20.1. The molecule has 6 nitrogen and oxygen atoms in total. The van der Waals surface area contributed by atoms with Crippen molar-refractivity contribution in [2.75, 3.05) is 11.4 Å². The number of carbonyl (C=O) groups excluding carboxylic acids is 2. The lowest BCUT2D eigenvalue weighted by molar-refractivity contribution is -0.123. The van der Waals surface area contributed by atoms with E-state index < -0.39 is 11.8 Å². The fourth-order valence-electron chi connectivity index (χ4n) is 2.20. The molecule has 0 saturated carbocycles. The van der Waals surface area contributed by atoms with Crippen molar-refractivity contribution in [3.05, 3.63) is 11.8 Å². The Kier molecular flexibility index (Phi) is 3.12. The molecule has 19 heavy (non-hydrogen) atoms. The summed E-state index contributed by atoms with van der Waals surface area (Å²) in [6, 6.07) is 1.90. The molecular weight excluding hydrogens is 244 g/mol. The summed E-state index contributed by atoms with van der Waals surface area (Å²) in [7, 11) is 1.80. The lowest BCUT2D eigenvalue weighted by Crippen LogP contribution is -2.29. The van der Waals surface area contributed by atoms with E-state index in [4.69, 9.17) is 5.73 Å². The molecule has 1 aliphatic heterocycles. The zero-order valence-corrected chi connectivity index (χ0v) is 11.8. The highest BCUT2D eigenvalue weighted by Gasteiger charge is 2.36. The fourth-order valence-corrected chi connectivity index (χ4v) is 2.20. The van der Waals surface area contributed by atoms with Gasteiger partial charge in [0, 0.05) is 31.5 Å². The number of primary amides is 1. The molecule has 1 fully saturated rings. The number of nitrogens with two attached hydrogens (primary N) is 1. The summed E-state index contributed by atoms with van der Waals surface area (Å²) < 4.78 is 1.68. The number of hydrogen-bond donors (Lipinski definition) is 1. The van der Waals surface area contributed by atoms with Gasteiger partial charge in [-0.3, -0.25) is 19.2 Å². The quantitative estimate of drug-likeness (QED) is 0.847. The number of hydrogen-bond acceptors (Lipinski definition) is 3. The minimum absolute atomic E-state index is 0.0766. The van der Waals surface area contributed by atoms with Crippen LogP contribution >= 0.6 is 0 Å². The summed E-state index contributed by atoms with van der Waals surface area (Å²) in [5.41, 5.74) is 6.11. The number of nitrogens with zero attached hydrogens (tertiary/aromatic N) is 3. The first kappa shape index (κ1) is 13.6. The molecular formula is C13H20N4O2. The minimum Gasteiger partial charge on any atom is -0.369 e. The average Bonchev–Trinajstić information content (AvgIpc) is 2.81. The van der Waals surface area contributed by atoms with Crippen LogP contribution in [-0.4, -0.2) is 28.1 Å². The van der Waals surface area contributed by atoms with E-state index >= 15 is 0 Å². The molecule has 6 heteroatoms. The van der Waals surface area contributed by atoms with Crippen molar-refractivity contribution < 1.29 is 9.59 Å². The number of carbonyl (C=O) groups is 2. The second-order valence-electron chi connectivity index (χ2n) is 6.07. The lowest BCUT2D eigenvalue weighted by atomic mass is 9.92. The molecule has 104 valence electrons. The Labute approximate surface area is 112 Å². The third-order valence-electron chi connectivity index (χ3n) is 3.43. The van der Waals surface area contributed by atoms with E-state index in [0.717, 1.165) is 11.5 Å². The first-order chi connectivity index (χ1) is 8.70. The molecule has 0 aliphatic carbocycles. The second-order valence-corrected chi connectivity index (χ2v) is 6.07. The maximum absolute atomic E-state index is 12.0. The second kappa shape index (κ2) is 4.36. The Hall–Kier alpha value is -1.85. The van der Waals surface area contributed by atoms with E-state index in [9.17, 15) is 9.59 Å². The van der Waals surface area contributed by atoms with Gasteiger partial charge in [-0.2, -0.15) is 5.10 Å². The predicted molar refractivity (Wildman–Crippen MR) is 71.6 cm³/mol. The first-order valence-electron chi connectivity index (χ1n) is 6.34. The van der Waals surface area contributed by atoms with Crippen molar-refractivity contribution in [2.45, 2.75) is 32.6 Å². The van der Waals surface area contributed by atoms with Crippen LogP contribution in [-0.2, 0) is 22.1 Å². The lowest BCUT2D eigenvalue weighted by Gasteiger charge is -2.15. The Morgan fingerprint density at radius 1 is 1.47 bits per heavy atom. The van der Waals surface area contributed by atoms with Gasteiger partial charge < -0.3 is 5.73 Å². The standard InChI is InChI=1S/C13H20N4O2/c1-13(2,3)9-6-10(16(4)15-9)17-7-8(12(14)19)5-11(17)18/h6,8H,5,7H2,1-4H3,(H2,14,19). The smallest absolute Gasteiger partial charge is 0.229 e. The van der Waals surface area contributed by atoms with Crippen molar-refractivity contribution >= 4 is 17.6 Å². The molecule has 1 aliphatic rings. The van der Waals surface area contributed by atoms with Crippen molar-refractivity contribution in [3.63, 3.8) is 0 Å². The summed E-state index contributed by atoms with van der Waals surface area (Å²) in [5, 5.41) is 4.44. The van der Waals surface area contributed by atoms with Gasteiger partial charge in [0.05, 0.1) is 11.6 Å². The maximum atomic E-state index is 12.0. The van der Waals surface area contributed by atoms with Gasteiger partial charge in [-0.15, -0.1) is 0 Å². The number of aromatic nitrogens is 2. The van der Waals surface area contributed by atoms with Gasteiger partial charge in [-0.1, -0.05) is 20.8 Å². The van der Waals surface area contributed by atoms with Crippen LogP contribution < -0.4 is 10.6 Å². The van der Waals surface area contributed by atoms with Crippen molar-refractivity contribution in [1.82, 2.24) is 9.78 Å². The molecule has 0 spiro atoms. The number of anilines is 1. The van der Waals surface area contributed by atoms with Crippen LogP contribution in [0.3, 0.4) is 0 Å². The van der Waals surface area contributed by atoms with E-state index in [-0.39, 0.29) is 17.7 Å². The molecule has 2 N–H and O–H groups in total.